The Morgan fingerprint density at radius 2 is 0.804 bits per heavy atom. The zero-order valence-electron chi connectivity index (χ0n) is 28.8. The smallest absolute Gasteiger partial charge is 0.252 e. The Bertz CT molecular complexity index is 2190. The van der Waals surface area contributed by atoms with Gasteiger partial charge in [0.05, 0.1) is 0 Å². The molecule has 1 saturated carbocycles. The van der Waals surface area contributed by atoms with E-state index >= 15 is 0 Å². The van der Waals surface area contributed by atoms with Crippen LogP contribution in [0.2, 0.25) is 0 Å². The van der Waals surface area contributed by atoms with Gasteiger partial charge < -0.3 is 9.80 Å². The van der Waals surface area contributed by atoms with E-state index in [1.165, 1.54) is 110 Å². The standard InChI is InChI=1S/C48H39BN2/c1-4-14-34(15-5-1)37-24-28-40(29-25-37)50-44-22-12-10-20-42(44)49-43-21-11-13-23-45(43)51(41-30-26-38(27-31-41)35-16-6-2-7-17-35)47-33-39(32-46(50)48(47)49)36-18-8-3-9-19-36/h1-2,4-7,10-17,20-33,36H,3,8-9,18-19H2. The molecule has 0 bridgehead atoms. The summed E-state index contributed by atoms with van der Waals surface area (Å²) >= 11 is 0. The Morgan fingerprint density at radius 1 is 0.392 bits per heavy atom. The van der Waals surface area contributed by atoms with Gasteiger partial charge >= 0.3 is 0 Å². The second-order valence-electron chi connectivity index (χ2n) is 14.4. The predicted molar refractivity (Wildman–Crippen MR) is 217 cm³/mol. The van der Waals surface area contributed by atoms with E-state index in [0.29, 0.717) is 5.92 Å². The van der Waals surface area contributed by atoms with Crippen molar-refractivity contribution in [1.82, 2.24) is 0 Å². The molecule has 2 aliphatic heterocycles. The average molecular weight is 655 g/mol. The first-order chi connectivity index (χ1) is 25.3. The van der Waals surface area contributed by atoms with E-state index in [1.54, 1.807) is 0 Å². The molecule has 0 aromatic heterocycles. The Hall–Kier alpha value is -5.80. The second kappa shape index (κ2) is 12.5. The van der Waals surface area contributed by atoms with Gasteiger partial charge in [0, 0.05) is 34.1 Å². The van der Waals surface area contributed by atoms with E-state index < -0.39 is 0 Å². The van der Waals surface area contributed by atoms with E-state index in [9.17, 15) is 0 Å². The number of nitrogens with zero attached hydrogens (tertiary/aromatic N) is 2. The average Bonchev–Trinajstić information content (AvgIpc) is 3.22. The van der Waals surface area contributed by atoms with Crippen molar-refractivity contribution in [2.75, 3.05) is 9.80 Å². The van der Waals surface area contributed by atoms with Crippen LogP contribution in [0.25, 0.3) is 22.3 Å². The van der Waals surface area contributed by atoms with Crippen molar-refractivity contribution in [1.29, 1.82) is 0 Å². The van der Waals surface area contributed by atoms with Gasteiger partial charge in [-0.3, -0.25) is 0 Å². The first-order valence-electron chi connectivity index (χ1n) is 18.6. The summed E-state index contributed by atoms with van der Waals surface area (Å²) in [5.74, 6) is 0.567. The highest BCUT2D eigenvalue weighted by molar-refractivity contribution is 7.00. The molecule has 0 spiro atoms. The van der Waals surface area contributed by atoms with Gasteiger partial charge in [0.2, 0.25) is 0 Å². The van der Waals surface area contributed by atoms with Crippen molar-refractivity contribution >= 4 is 57.2 Å². The minimum Gasteiger partial charge on any atom is -0.311 e. The fraction of sp³-hybridized carbons (Fsp3) is 0.125. The molecule has 1 fully saturated rings. The molecule has 7 aromatic rings. The maximum absolute atomic E-state index is 2.56. The lowest BCUT2D eigenvalue weighted by molar-refractivity contribution is 0.444. The van der Waals surface area contributed by atoms with Gasteiger partial charge in [-0.25, -0.2) is 0 Å². The predicted octanol–water partition coefficient (Wildman–Crippen LogP) is 11.2. The van der Waals surface area contributed by atoms with Crippen LogP contribution in [-0.2, 0) is 0 Å². The van der Waals surface area contributed by atoms with Crippen LogP contribution in [0.4, 0.5) is 34.1 Å². The van der Waals surface area contributed by atoms with E-state index in [1.807, 2.05) is 0 Å². The summed E-state index contributed by atoms with van der Waals surface area (Å²) in [6, 6.07) is 63.1. The third-order valence-electron chi connectivity index (χ3n) is 11.4. The van der Waals surface area contributed by atoms with Crippen LogP contribution < -0.4 is 26.2 Å². The third-order valence-corrected chi connectivity index (χ3v) is 11.4. The zero-order valence-corrected chi connectivity index (χ0v) is 28.8. The van der Waals surface area contributed by atoms with Crippen LogP contribution in [0.5, 0.6) is 0 Å². The van der Waals surface area contributed by atoms with Gasteiger partial charge in [0.1, 0.15) is 0 Å². The molecule has 3 aliphatic rings. The molecule has 2 nitrogen and oxygen atoms in total. The molecule has 0 amide bonds. The highest BCUT2D eigenvalue weighted by Gasteiger charge is 2.43. The molecule has 7 aromatic carbocycles. The van der Waals surface area contributed by atoms with E-state index in [-0.39, 0.29) is 6.71 Å². The minimum atomic E-state index is 0.141. The molecule has 0 saturated heterocycles. The number of para-hydroxylation sites is 2. The molecule has 1 aliphatic carbocycles. The molecule has 0 unspecified atom stereocenters. The Kier molecular flexibility index (Phi) is 7.38. The van der Waals surface area contributed by atoms with Gasteiger partial charge in [-0.2, -0.15) is 0 Å². The molecule has 2 heterocycles. The van der Waals surface area contributed by atoms with E-state index in [0.717, 1.165) is 0 Å². The van der Waals surface area contributed by atoms with Gasteiger partial charge in [-0.1, -0.05) is 141 Å². The summed E-state index contributed by atoms with van der Waals surface area (Å²) in [6.07, 6.45) is 6.47. The van der Waals surface area contributed by atoms with Gasteiger partial charge in [-0.15, -0.1) is 0 Å². The normalized spacial score (nSPS) is 14.9. The maximum Gasteiger partial charge on any atom is 0.252 e. The Balaban J connectivity index is 1.20. The fourth-order valence-electron chi connectivity index (χ4n) is 9.01. The van der Waals surface area contributed by atoms with Crippen LogP contribution in [0.1, 0.15) is 43.6 Å². The van der Waals surface area contributed by atoms with Crippen molar-refractivity contribution in [3.8, 4) is 22.3 Å². The summed E-state index contributed by atoms with van der Waals surface area (Å²) in [7, 11) is 0. The molecule has 51 heavy (non-hydrogen) atoms. The molecule has 0 atom stereocenters. The van der Waals surface area contributed by atoms with Crippen LogP contribution in [-0.4, -0.2) is 6.71 Å². The number of rotatable bonds is 5. The number of fused-ring (bicyclic) bond motifs is 4. The topological polar surface area (TPSA) is 6.48 Å². The summed E-state index contributed by atoms with van der Waals surface area (Å²) in [5.41, 5.74) is 18.1. The first kappa shape index (κ1) is 30.1. The van der Waals surface area contributed by atoms with Crippen LogP contribution >= 0.6 is 0 Å². The number of benzene rings is 7. The highest BCUT2D eigenvalue weighted by Crippen LogP contribution is 2.47. The van der Waals surface area contributed by atoms with Gasteiger partial charge in [-0.05, 0) is 111 Å². The maximum atomic E-state index is 2.56. The Morgan fingerprint density at radius 3 is 1.27 bits per heavy atom. The minimum absolute atomic E-state index is 0.141. The second-order valence-corrected chi connectivity index (χ2v) is 14.4. The van der Waals surface area contributed by atoms with Crippen molar-refractivity contribution in [3.63, 3.8) is 0 Å². The summed E-state index contributed by atoms with van der Waals surface area (Å²) in [5, 5.41) is 0. The molecule has 244 valence electrons. The number of anilines is 6. The lowest BCUT2D eigenvalue weighted by atomic mass is 9.33. The molecular formula is C48H39BN2. The molecule has 0 N–H and O–H groups in total. The van der Waals surface area contributed by atoms with Crippen molar-refractivity contribution in [2.24, 2.45) is 0 Å². The van der Waals surface area contributed by atoms with Crippen molar-refractivity contribution in [3.05, 3.63) is 175 Å². The van der Waals surface area contributed by atoms with Gasteiger partial charge in [0.25, 0.3) is 6.71 Å². The molecule has 10 rings (SSSR count). The van der Waals surface area contributed by atoms with Crippen molar-refractivity contribution < 1.29 is 0 Å². The molecule has 3 heteroatoms. The fourth-order valence-corrected chi connectivity index (χ4v) is 9.01. The summed E-state index contributed by atoms with van der Waals surface area (Å²) in [6.45, 7) is 0.141. The van der Waals surface area contributed by atoms with Crippen LogP contribution in [0.15, 0.2) is 170 Å². The van der Waals surface area contributed by atoms with Gasteiger partial charge in [0.15, 0.2) is 0 Å². The Labute approximate surface area is 301 Å². The summed E-state index contributed by atoms with van der Waals surface area (Å²) < 4.78 is 0. The monoisotopic (exact) mass is 654 g/mol. The van der Waals surface area contributed by atoms with Crippen LogP contribution in [0.3, 0.4) is 0 Å². The third kappa shape index (κ3) is 5.10. The quantitative estimate of drug-likeness (QED) is 0.170. The molecular weight excluding hydrogens is 615 g/mol. The van der Waals surface area contributed by atoms with E-state index in [4.69, 9.17) is 0 Å². The van der Waals surface area contributed by atoms with E-state index in [2.05, 4.69) is 180 Å². The highest BCUT2D eigenvalue weighted by atomic mass is 15.2. The SMILES string of the molecule is c1ccc(-c2ccc(N3c4ccccc4B4c5ccccc5N(c5ccc(-c6ccccc6)cc5)c5cc(C6CCCCC6)cc3c54)cc2)cc1. The van der Waals surface area contributed by atoms with Crippen LogP contribution in [0, 0.1) is 0 Å². The largest absolute Gasteiger partial charge is 0.311 e. The zero-order chi connectivity index (χ0) is 33.7. The lowest BCUT2D eigenvalue weighted by Crippen LogP contribution is -2.61. The lowest BCUT2D eigenvalue weighted by Gasteiger charge is -2.45. The first-order valence-corrected chi connectivity index (χ1v) is 18.6. The number of hydrogen-bond acceptors (Lipinski definition) is 2. The van der Waals surface area contributed by atoms with Crippen molar-refractivity contribution in [2.45, 2.75) is 38.0 Å². The summed E-state index contributed by atoms with van der Waals surface area (Å²) in [4.78, 5) is 5.10. The number of hydrogen-bond donors (Lipinski definition) is 0. The molecule has 0 radical (unpaired) electrons.